The minimum Gasteiger partial charge on any atom is -0.423 e. The Bertz CT molecular complexity index is 336. The maximum atomic E-state index is 8.97. The van der Waals surface area contributed by atoms with Gasteiger partial charge in [0.1, 0.15) is 0 Å². The molecule has 0 aliphatic carbocycles. The van der Waals surface area contributed by atoms with Gasteiger partial charge in [-0.25, -0.2) is 0 Å². The summed E-state index contributed by atoms with van der Waals surface area (Å²) in [7, 11) is -1.63. The summed E-state index contributed by atoms with van der Waals surface area (Å²) in [5.74, 6) is 0. The van der Waals surface area contributed by atoms with E-state index in [1.54, 1.807) is 13.0 Å². The van der Waals surface area contributed by atoms with Crippen molar-refractivity contribution in [1.82, 2.24) is 0 Å². The number of rotatable bonds is 1. The molecular weight excluding hydrogens is 139 g/mol. The molecule has 1 rings (SSSR count). The van der Waals surface area contributed by atoms with Crippen LogP contribution in [0, 0.1) is 13.8 Å². The van der Waals surface area contributed by atoms with Gasteiger partial charge in [0.25, 0.3) is 0 Å². The molecule has 1 aromatic rings. The number of hydrogen-bond donors (Lipinski definition) is 2. The molecule has 0 saturated carbocycles. The molecule has 58 valence electrons. The molecule has 2 nitrogen and oxygen atoms in total. The van der Waals surface area contributed by atoms with Crippen LogP contribution in [0.15, 0.2) is 18.2 Å². The standard InChI is InChI=1S/C8H11BO2/c1-6-3-4-7(2)8(5-6)9(10)11/h3-5,10-11H,1-2H3/i1D3. The van der Waals surface area contributed by atoms with Gasteiger partial charge in [-0.1, -0.05) is 29.3 Å². The first-order valence-electron chi connectivity index (χ1n) is 4.79. The zero-order chi connectivity index (χ0) is 10.9. The van der Waals surface area contributed by atoms with Crippen LogP contribution in [-0.4, -0.2) is 17.2 Å². The molecule has 3 heteroatoms. The third kappa shape index (κ3) is 1.82. The van der Waals surface area contributed by atoms with Crippen molar-refractivity contribution in [2.75, 3.05) is 0 Å². The smallest absolute Gasteiger partial charge is 0.423 e. The molecule has 11 heavy (non-hydrogen) atoms. The molecule has 0 atom stereocenters. The van der Waals surface area contributed by atoms with Crippen LogP contribution in [0.25, 0.3) is 0 Å². The predicted octanol–water partition coefficient (Wildman–Crippen LogP) is -0.0168. The summed E-state index contributed by atoms with van der Waals surface area (Å²) in [6.07, 6.45) is 0. The van der Waals surface area contributed by atoms with Crippen molar-refractivity contribution in [2.24, 2.45) is 0 Å². The predicted molar refractivity (Wildman–Crippen MR) is 45.7 cm³/mol. The molecule has 0 spiro atoms. The lowest BCUT2D eigenvalue weighted by molar-refractivity contribution is 0.425. The Labute approximate surface area is 70.9 Å². The van der Waals surface area contributed by atoms with Crippen LogP contribution in [-0.2, 0) is 0 Å². The van der Waals surface area contributed by atoms with Crippen molar-refractivity contribution < 1.29 is 14.2 Å². The van der Waals surface area contributed by atoms with Crippen LogP contribution in [0.2, 0.25) is 0 Å². The van der Waals surface area contributed by atoms with Gasteiger partial charge < -0.3 is 10.0 Å². The number of aryl methyl sites for hydroxylation is 2. The molecule has 0 aromatic heterocycles. The first-order chi connectivity index (χ1) is 6.32. The summed E-state index contributed by atoms with van der Waals surface area (Å²) in [6, 6.07) is 4.33. The summed E-state index contributed by atoms with van der Waals surface area (Å²) < 4.78 is 21.5. The number of benzene rings is 1. The fourth-order valence-electron chi connectivity index (χ4n) is 0.919. The molecule has 2 N–H and O–H groups in total. The molecule has 0 fully saturated rings. The van der Waals surface area contributed by atoms with E-state index in [1.165, 1.54) is 12.1 Å². The first-order valence-corrected chi connectivity index (χ1v) is 3.29. The maximum absolute atomic E-state index is 8.97. The molecule has 0 unspecified atom stereocenters. The molecule has 0 aliphatic rings. The molecule has 1 aromatic carbocycles. The highest BCUT2D eigenvalue weighted by atomic mass is 16.4. The Morgan fingerprint density at radius 3 is 2.73 bits per heavy atom. The van der Waals surface area contributed by atoms with Gasteiger partial charge >= 0.3 is 7.12 Å². The van der Waals surface area contributed by atoms with Crippen molar-refractivity contribution in [1.29, 1.82) is 0 Å². The monoisotopic (exact) mass is 153 g/mol. The fourth-order valence-corrected chi connectivity index (χ4v) is 0.919. The van der Waals surface area contributed by atoms with Gasteiger partial charge in [0.05, 0.1) is 0 Å². The van der Waals surface area contributed by atoms with Crippen molar-refractivity contribution in [3.8, 4) is 0 Å². The average Bonchev–Trinajstić information content (AvgIpc) is 2.02. The molecule has 0 saturated heterocycles. The third-order valence-electron chi connectivity index (χ3n) is 1.56. The van der Waals surface area contributed by atoms with E-state index in [9.17, 15) is 0 Å². The molecule has 0 heterocycles. The topological polar surface area (TPSA) is 40.5 Å². The Morgan fingerprint density at radius 2 is 2.18 bits per heavy atom. The molecular formula is C8H11BO2. The maximum Gasteiger partial charge on any atom is 0.488 e. The van der Waals surface area contributed by atoms with E-state index in [1.807, 2.05) is 0 Å². The van der Waals surface area contributed by atoms with E-state index in [0.29, 0.717) is 5.56 Å². The van der Waals surface area contributed by atoms with Crippen LogP contribution in [0.5, 0.6) is 0 Å². The third-order valence-corrected chi connectivity index (χ3v) is 1.56. The van der Waals surface area contributed by atoms with Gasteiger partial charge in [0.2, 0.25) is 0 Å². The van der Waals surface area contributed by atoms with Crippen LogP contribution in [0.3, 0.4) is 0 Å². The van der Waals surface area contributed by atoms with E-state index in [4.69, 9.17) is 14.2 Å². The summed E-state index contributed by atoms with van der Waals surface area (Å²) in [6.45, 7) is -0.518. The zero-order valence-electron chi connectivity index (χ0n) is 9.20. The van der Waals surface area contributed by atoms with Crippen molar-refractivity contribution >= 4 is 12.6 Å². The largest absolute Gasteiger partial charge is 0.488 e. The van der Waals surface area contributed by atoms with E-state index in [-0.39, 0.29) is 11.0 Å². The van der Waals surface area contributed by atoms with E-state index < -0.39 is 14.0 Å². The van der Waals surface area contributed by atoms with Crippen molar-refractivity contribution in [3.05, 3.63) is 29.3 Å². The van der Waals surface area contributed by atoms with Gasteiger partial charge in [0, 0.05) is 4.11 Å². The first kappa shape index (κ1) is 4.96. The highest BCUT2D eigenvalue weighted by Gasteiger charge is 2.12. The molecule has 0 radical (unpaired) electrons. The van der Waals surface area contributed by atoms with Crippen LogP contribution >= 0.6 is 0 Å². The van der Waals surface area contributed by atoms with Gasteiger partial charge in [-0.2, -0.15) is 0 Å². The fraction of sp³-hybridized carbons (Fsp3) is 0.250. The van der Waals surface area contributed by atoms with Crippen LogP contribution in [0.1, 0.15) is 15.2 Å². The Morgan fingerprint density at radius 1 is 1.45 bits per heavy atom. The van der Waals surface area contributed by atoms with Gasteiger partial charge in [-0.3, -0.25) is 0 Å². The summed E-state index contributed by atoms with van der Waals surface area (Å²) in [4.78, 5) is 0. The quantitative estimate of drug-likeness (QED) is 0.556. The lowest BCUT2D eigenvalue weighted by Crippen LogP contribution is -2.32. The lowest BCUT2D eigenvalue weighted by Gasteiger charge is -2.04. The summed E-state index contributed by atoms with van der Waals surface area (Å²) in [5, 5.41) is 17.9. The van der Waals surface area contributed by atoms with Crippen molar-refractivity contribution in [3.63, 3.8) is 0 Å². The normalized spacial score (nSPS) is 15.0. The Hall–Kier alpha value is -0.795. The lowest BCUT2D eigenvalue weighted by atomic mass is 9.77. The van der Waals surface area contributed by atoms with Gasteiger partial charge in [-0.15, -0.1) is 0 Å². The van der Waals surface area contributed by atoms with Crippen LogP contribution in [0.4, 0.5) is 0 Å². The SMILES string of the molecule is [2H]C([2H])([2H])c1ccc(C)c(B(O)O)c1. The molecule has 0 aliphatic heterocycles. The Balaban J connectivity index is 3.20. The van der Waals surface area contributed by atoms with Gasteiger partial charge in [0.15, 0.2) is 0 Å². The second-order valence-electron chi connectivity index (χ2n) is 2.45. The van der Waals surface area contributed by atoms with E-state index in [0.717, 1.165) is 0 Å². The van der Waals surface area contributed by atoms with Crippen LogP contribution < -0.4 is 5.46 Å². The second-order valence-corrected chi connectivity index (χ2v) is 2.45. The molecule has 0 bridgehead atoms. The summed E-state index contributed by atoms with van der Waals surface area (Å²) >= 11 is 0. The van der Waals surface area contributed by atoms with Gasteiger partial charge in [-0.05, 0) is 19.2 Å². The minimum atomic E-state index is -2.21. The van der Waals surface area contributed by atoms with E-state index in [2.05, 4.69) is 0 Å². The second kappa shape index (κ2) is 3.07. The Kier molecular flexibility index (Phi) is 1.38. The highest BCUT2D eigenvalue weighted by molar-refractivity contribution is 6.59. The average molecular weight is 153 g/mol. The summed E-state index contributed by atoms with van der Waals surface area (Å²) in [5.41, 5.74) is 1.01. The van der Waals surface area contributed by atoms with E-state index >= 15 is 0 Å². The zero-order valence-corrected chi connectivity index (χ0v) is 6.20. The number of hydrogen-bond acceptors (Lipinski definition) is 2. The highest BCUT2D eigenvalue weighted by Crippen LogP contribution is 1.99. The molecule has 0 amide bonds. The minimum absolute atomic E-state index is 0.117. The van der Waals surface area contributed by atoms with Crippen molar-refractivity contribution in [2.45, 2.75) is 13.8 Å².